The minimum Gasteiger partial charge on any atom is -0.228 e. The van der Waals surface area contributed by atoms with Crippen molar-refractivity contribution in [3.63, 3.8) is 0 Å². The average Bonchev–Trinajstić information content (AvgIpc) is 2.79. The van der Waals surface area contributed by atoms with Crippen LogP contribution < -0.4 is 0 Å². The Morgan fingerprint density at radius 1 is 0.517 bits per heavy atom. The molecule has 0 fully saturated rings. The van der Waals surface area contributed by atoms with E-state index in [0.717, 1.165) is 33.9 Å². The molecule has 0 aliphatic carbocycles. The normalized spacial score (nSPS) is 10.9. The first-order valence-corrected chi connectivity index (χ1v) is 9.78. The van der Waals surface area contributed by atoms with Crippen LogP contribution in [-0.2, 0) is 0 Å². The van der Waals surface area contributed by atoms with Crippen LogP contribution in [0.1, 0.15) is 5.56 Å². The molecule has 0 unspecified atom stereocenters. The molecule has 5 aromatic rings. The van der Waals surface area contributed by atoms with Gasteiger partial charge in [-0.15, -0.1) is 0 Å². The molecule has 0 amide bonds. The molecule has 5 rings (SSSR count). The molecule has 0 spiro atoms. The Hall–Kier alpha value is -3.78. The average molecular weight is 372 g/mol. The fourth-order valence-corrected chi connectivity index (χ4v) is 3.66. The van der Waals surface area contributed by atoms with Gasteiger partial charge < -0.3 is 0 Å². The molecular weight excluding hydrogens is 352 g/mol. The molecule has 0 N–H and O–H groups in total. The number of fused-ring (bicyclic) bond motifs is 1. The van der Waals surface area contributed by atoms with Crippen molar-refractivity contribution >= 4 is 10.8 Å². The summed E-state index contributed by atoms with van der Waals surface area (Å²) in [5.41, 5.74) is 6.33. The summed E-state index contributed by atoms with van der Waals surface area (Å²) in [7, 11) is 0. The van der Waals surface area contributed by atoms with E-state index in [1.807, 2.05) is 18.2 Å². The third-order valence-electron chi connectivity index (χ3n) is 5.22. The number of rotatable bonds is 3. The Morgan fingerprint density at radius 2 is 1.21 bits per heavy atom. The van der Waals surface area contributed by atoms with Crippen molar-refractivity contribution in [1.82, 2.24) is 9.97 Å². The Balaban J connectivity index is 1.73. The smallest absolute Gasteiger partial charge is 0.160 e. The molecule has 0 aliphatic heterocycles. The van der Waals surface area contributed by atoms with E-state index in [9.17, 15) is 0 Å². The van der Waals surface area contributed by atoms with Crippen molar-refractivity contribution in [3.05, 3.63) is 109 Å². The number of aryl methyl sites for hydroxylation is 1. The van der Waals surface area contributed by atoms with Crippen molar-refractivity contribution in [1.29, 1.82) is 0 Å². The van der Waals surface area contributed by atoms with Crippen molar-refractivity contribution in [2.45, 2.75) is 6.92 Å². The molecule has 0 saturated heterocycles. The Kier molecular flexibility index (Phi) is 4.38. The first-order chi connectivity index (χ1) is 14.3. The summed E-state index contributed by atoms with van der Waals surface area (Å²) in [4.78, 5) is 9.84. The monoisotopic (exact) mass is 372 g/mol. The minimum atomic E-state index is 0.745. The summed E-state index contributed by atoms with van der Waals surface area (Å²) in [5, 5.41) is 2.44. The third-order valence-corrected chi connectivity index (χ3v) is 5.22. The first kappa shape index (κ1) is 17.3. The van der Waals surface area contributed by atoms with Gasteiger partial charge in [-0.3, -0.25) is 0 Å². The van der Waals surface area contributed by atoms with Crippen LogP contribution in [-0.4, -0.2) is 9.97 Å². The van der Waals surface area contributed by atoms with Gasteiger partial charge in [0.2, 0.25) is 0 Å². The van der Waals surface area contributed by atoms with E-state index in [0.29, 0.717) is 0 Å². The lowest BCUT2D eigenvalue weighted by Gasteiger charge is -2.11. The zero-order valence-corrected chi connectivity index (χ0v) is 16.2. The summed E-state index contributed by atoms with van der Waals surface area (Å²) >= 11 is 0. The highest BCUT2D eigenvalue weighted by Crippen LogP contribution is 2.30. The van der Waals surface area contributed by atoms with Gasteiger partial charge in [0.25, 0.3) is 0 Å². The van der Waals surface area contributed by atoms with Gasteiger partial charge in [-0.1, -0.05) is 91.0 Å². The Labute approximate surface area is 170 Å². The Bertz CT molecular complexity index is 1310. The lowest BCUT2D eigenvalue weighted by molar-refractivity contribution is 1.18. The highest BCUT2D eigenvalue weighted by molar-refractivity contribution is 5.87. The Morgan fingerprint density at radius 3 is 2.03 bits per heavy atom. The molecule has 1 aromatic heterocycles. The molecular formula is C27H20N2. The molecule has 0 saturated carbocycles. The zero-order valence-electron chi connectivity index (χ0n) is 16.2. The summed E-state index contributed by atoms with van der Waals surface area (Å²) in [6.07, 6.45) is 0. The van der Waals surface area contributed by atoms with Crippen LogP contribution in [0, 0.1) is 6.92 Å². The molecule has 138 valence electrons. The molecule has 29 heavy (non-hydrogen) atoms. The van der Waals surface area contributed by atoms with Gasteiger partial charge in [-0.05, 0) is 35.4 Å². The molecule has 0 bridgehead atoms. The van der Waals surface area contributed by atoms with Gasteiger partial charge in [-0.2, -0.15) is 0 Å². The van der Waals surface area contributed by atoms with E-state index in [2.05, 4.69) is 91.9 Å². The molecule has 2 heteroatoms. The first-order valence-electron chi connectivity index (χ1n) is 9.78. The number of benzene rings is 4. The van der Waals surface area contributed by atoms with Crippen LogP contribution in [0.4, 0.5) is 0 Å². The van der Waals surface area contributed by atoms with E-state index in [-0.39, 0.29) is 0 Å². The second-order valence-corrected chi connectivity index (χ2v) is 7.20. The number of nitrogens with zero attached hydrogens (tertiary/aromatic N) is 2. The maximum Gasteiger partial charge on any atom is 0.160 e. The summed E-state index contributed by atoms with van der Waals surface area (Å²) < 4.78 is 0. The summed E-state index contributed by atoms with van der Waals surface area (Å²) in [6, 6.07) is 35.5. The maximum atomic E-state index is 4.92. The largest absolute Gasteiger partial charge is 0.228 e. The van der Waals surface area contributed by atoms with Crippen LogP contribution in [0.25, 0.3) is 44.7 Å². The van der Waals surface area contributed by atoms with Gasteiger partial charge in [0.05, 0.1) is 11.4 Å². The fraction of sp³-hybridized carbons (Fsp3) is 0.0370. The van der Waals surface area contributed by atoms with Crippen molar-refractivity contribution in [3.8, 4) is 33.9 Å². The SMILES string of the molecule is Cc1ccccc1-c1cc(-c2ccc3ccccc3c2)nc(-c2ccccc2)n1. The molecule has 0 atom stereocenters. The predicted octanol–water partition coefficient (Wildman–Crippen LogP) is 6.94. The van der Waals surface area contributed by atoms with Crippen molar-refractivity contribution in [2.24, 2.45) is 0 Å². The summed E-state index contributed by atoms with van der Waals surface area (Å²) in [6.45, 7) is 2.12. The van der Waals surface area contributed by atoms with Crippen LogP contribution in [0.2, 0.25) is 0 Å². The second kappa shape index (κ2) is 7.33. The third kappa shape index (κ3) is 3.41. The molecule has 0 radical (unpaired) electrons. The van der Waals surface area contributed by atoms with Crippen LogP contribution in [0.15, 0.2) is 103 Å². The van der Waals surface area contributed by atoms with Crippen molar-refractivity contribution < 1.29 is 0 Å². The minimum absolute atomic E-state index is 0.745. The van der Waals surface area contributed by atoms with Crippen molar-refractivity contribution in [2.75, 3.05) is 0 Å². The fourth-order valence-electron chi connectivity index (χ4n) is 3.66. The van der Waals surface area contributed by atoms with E-state index in [1.165, 1.54) is 16.3 Å². The lowest BCUT2D eigenvalue weighted by atomic mass is 10.0. The second-order valence-electron chi connectivity index (χ2n) is 7.20. The topological polar surface area (TPSA) is 25.8 Å². The number of hydrogen-bond donors (Lipinski definition) is 0. The van der Waals surface area contributed by atoms with Crippen LogP contribution in [0.5, 0.6) is 0 Å². The van der Waals surface area contributed by atoms with Gasteiger partial charge >= 0.3 is 0 Å². The highest BCUT2D eigenvalue weighted by Gasteiger charge is 2.12. The lowest BCUT2D eigenvalue weighted by Crippen LogP contribution is -1.96. The predicted molar refractivity (Wildman–Crippen MR) is 121 cm³/mol. The van der Waals surface area contributed by atoms with E-state index in [4.69, 9.17) is 9.97 Å². The number of aromatic nitrogens is 2. The van der Waals surface area contributed by atoms with Gasteiger partial charge in [0.1, 0.15) is 0 Å². The van der Waals surface area contributed by atoms with E-state index < -0.39 is 0 Å². The van der Waals surface area contributed by atoms with E-state index >= 15 is 0 Å². The maximum absolute atomic E-state index is 4.92. The number of hydrogen-bond acceptors (Lipinski definition) is 2. The molecule has 0 aliphatic rings. The standard InChI is InChI=1S/C27H20N2/c1-19-9-5-8-14-24(19)26-18-25(28-27(29-26)21-11-3-2-4-12-21)23-16-15-20-10-6-7-13-22(20)17-23/h2-18H,1H3. The van der Waals surface area contributed by atoms with Gasteiger partial charge in [0.15, 0.2) is 5.82 Å². The zero-order chi connectivity index (χ0) is 19.6. The van der Waals surface area contributed by atoms with Crippen LogP contribution in [0.3, 0.4) is 0 Å². The van der Waals surface area contributed by atoms with Gasteiger partial charge in [-0.25, -0.2) is 9.97 Å². The van der Waals surface area contributed by atoms with Crippen LogP contribution >= 0.6 is 0 Å². The molecule has 2 nitrogen and oxygen atoms in total. The summed E-state index contributed by atoms with van der Waals surface area (Å²) in [5.74, 6) is 0.745. The highest BCUT2D eigenvalue weighted by atomic mass is 14.9. The van der Waals surface area contributed by atoms with E-state index in [1.54, 1.807) is 0 Å². The van der Waals surface area contributed by atoms with Gasteiger partial charge in [0, 0.05) is 16.7 Å². The molecule has 1 heterocycles. The molecule has 4 aromatic carbocycles. The quantitative estimate of drug-likeness (QED) is 0.343.